The number of hydrogen-bond acceptors (Lipinski definition) is 2. The van der Waals surface area contributed by atoms with Gasteiger partial charge in [-0.05, 0) is 49.5 Å². The smallest absolute Gasteiger partial charge is 0.422 e. The van der Waals surface area contributed by atoms with Gasteiger partial charge in [-0.3, -0.25) is 0 Å². The van der Waals surface area contributed by atoms with Crippen molar-refractivity contribution in [2.45, 2.75) is 24.9 Å². The molecule has 0 spiro atoms. The summed E-state index contributed by atoms with van der Waals surface area (Å²) in [5, 5.41) is 3.20. The molecule has 1 fully saturated rings. The van der Waals surface area contributed by atoms with Gasteiger partial charge in [0.15, 0.2) is 18.2 Å². The van der Waals surface area contributed by atoms with Gasteiger partial charge in [-0.25, -0.2) is 4.39 Å². The lowest BCUT2D eigenvalue weighted by Crippen LogP contribution is -2.26. The van der Waals surface area contributed by atoms with Crippen LogP contribution in [0.15, 0.2) is 18.2 Å². The van der Waals surface area contributed by atoms with Crippen LogP contribution in [0, 0.1) is 5.82 Å². The minimum Gasteiger partial charge on any atom is -0.481 e. The fraction of sp³-hybridized carbons (Fsp3) is 0.538. The Kier molecular flexibility index (Phi) is 4.29. The second-order valence-corrected chi connectivity index (χ2v) is 4.62. The normalized spacial score (nSPS) is 17.5. The molecule has 0 amide bonds. The zero-order valence-corrected chi connectivity index (χ0v) is 10.3. The summed E-state index contributed by atoms with van der Waals surface area (Å²) in [5.41, 5.74) is 0.833. The Morgan fingerprint density at radius 1 is 1.21 bits per heavy atom. The number of rotatable bonds is 3. The number of alkyl halides is 3. The molecule has 1 aliphatic heterocycles. The summed E-state index contributed by atoms with van der Waals surface area (Å²) in [6, 6.07) is 4.17. The third-order valence-electron chi connectivity index (χ3n) is 3.16. The molecule has 1 aromatic carbocycles. The molecule has 1 heterocycles. The number of nitrogens with one attached hydrogen (secondary N) is 1. The zero-order chi connectivity index (χ0) is 13.9. The van der Waals surface area contributed by atoms with Crippen LogP contribution < -0.4 is 10.1 Å². The van der Waals surface area contributed by atoms with Gasteiger partial charge < -0.3 is 10.1 Å². The Morgan fingerprint density at radius 2 is 1.89 bits per heavy atom. The maximum Gasteiger partial charge on any atom is 0.422 e. The first-order valence-corrected chi connectivity index (χ1v) is 6.15. The van der Waals surface area contributed by atoms with E-state index in [0.29, 0.717) is 0 Å². The molecule has 106 valence electrons. The minimum atomic E-state index is -4.46. The Hall–Kier alpha value is -1.30. The largest absolute Gasteiger partial charge is 0.481 e. The van der Waals surface area contributed by atoms with E-state index in [9.17, 15) is 17.6 Å². The van der Waals surface area contributed by atoms with Crippen LogP contribution in [0.5, 0.6) is 5.75 Å². The van der Waals surface area contributed by atoms with Gasteiger partial charge in [0.05, 0.1) is 0 Å². The minimum absolute atomic E-state index is 0.245. The topological polar surface area (TPSA) is 21.3 Å². The van der Waals surface area contributed by atoms with Crippen LogP contribution in [-0.2, 0) is 0 Å². The molecule has 1 N–H and O–H groups in total. The van der Waals surface area contributed by atoms with Crippen molar-refractivity contribution >= 4 is 0 Å². The van der Waals surface area contributed by atoms with E-state index in [-0.39, 0.29) is 11.7 Å². The first-order chi connectivity index (χ1) is 8.96. The molecule has 1 aliphatic rings. The lowest BCUT2D eigenvalue weighted by Gasteiger charge is -2.23. The van der Waals surface area contributed by atoms with Crippen molar-refractivity contribution in [1.82, 2.24) is 5.32 Å². The van der Waals surface area contributed by atoms with E-state index in [2.05, 4.69) is 10.1 Å². The lowest BCUT2D eigenvalue weighted by atomic mass is 9.90. The predicted octanol–water partition coefficient (Wildman–Crippen LogP) is 3.23. The fourth-order valence-corrected chi connectivity index (χ4v) is 2.20. The molecule has 1 saturated heterocycles. The van der Waals surface area contributed by atoms with Gasteiger partial charge >= 0.3 is 6.18 Å². The highest BCUT2D eigenvalue weighted by atomic mass is 19.4. The van der Waals surface area contributed by atoms with Gasteiger partial charge in [-0.2, -0.15) is 13.2 Å². The van der Waals surface area contributed by atoms with E-state index in [4.69, 9.17) is 0 Å². The van der Waals surface area contributed by atoms with E-state index >= 15 is 0 Å². The van der Waals surface area contributed by atoms with Crippen molar-refractivity contribution in [2.75, 3.05) is 19.7 Å². The molecule has 0 saturated carbocycles. The summed E-state index contributed by atoms with van der Waals surface area (Å²) < 4.78 is 54.1. The van der Waals surface area contributed by atoms with Gasteiger partial charge in [0, 0.05) is 0 Å². The highest BCUT2D eigenvalue weighted by Gasteiger charge is 2.29. The van der Waals surface area contributed by atoms with Crippen molar-refractivity contribution in [3.63, 3.8) is 0 Å². The van der Waals surface area contributed by atoms with E-state index in [1.54, 1.807) is 6.07 Å². The molecule has 19 heavy (non-hydrogen) atoms. The molecule has 0 aromatic heterocycles. The van der Waals surface area contributed by atoms with Crippen LogP contribution in [0.1, 0.15) is 24.3 Å². The van der Waals surface area contributed by atoms with Gasteiger partial charge in [0.1, 0.15) is 0 Å². The SMILES string of the molecule is Fc1ccc(C2CCNCC2)cc1OCC(F)(F)F. The molecule has 0 unspecified atom stereocenters. The summed E-state index contributed by atoms with van der Waals surface area (Å²) in [7, 11) is 0. The maximum atomic E-state index is 13.4. The van der Waals surface area contributed by atoms with Crippen molar-refractivity contribution < 1.29 is 22.3 Å². The van der Waals surface area contributed by atoms with Crippen molar-refractivity contribution in [3.05, 3.63) is 29.6 Å². The van der Waals surface area contributed by atoms with Crippen LogP contribution in [0.25, 0.3) is 0 Å². The molecule has 2 nitrogen and oxygen atoms in total. The summed E-state index contributed by atoms with van der Waals surface area (Å²) in [5.74, 6) is -0.842. The number of benzene rings is 1. The summed E-state index contributed by atoms with van der Waals surface area (Å²) in [6.07, 6.45) is -2.67. The highest BCUT2D eigenvalue weighted by Crippen LogP contribution is 2.30. The first-order valence-electron chi connectivity index (χ1n) is 6.15. The third-order valence-corrected chi connectivity index (χ3v) is 3.16. The summed E-state index contributed by atoms with van der Waals surface area (Å²) >= 11 is 0. The molecular weight excluding hydrogens is 262 g/mol. The molecule has 1 aromatic rings. The predicted molar refractivity (Wildman–Crippen MR) is 62.8 cm³/mol. The molecule has 6 heteroatoms. The summed E-state index contributed by atoms with van der Waals surface area (Å²) in [6.45, 7) is 0.251. The molecule has 0 bridgehead atoms. The average molecular weight is 277 g/mol. The van der Waals surface area contributed by atoms with E-state index in [1.807, 2.05) is 0 Å². The van der Waals surface area contributed by atoms with E-state index in [1.165, 1.54) is 12.1 Å². The van der Waals surface area contributed by atoms with Gasteiger partial charge in [-0.15, -0.1) is 0 Å². The zero-order valence-electron chi connectivity index (χ0n) is 10.3. The Morgan fingerprint density at radius 3 is 2.53 bits per heavy atom. The number of hydrogen-bond donors (Lipinski definition) is 1. The second kappa shape index (κ2) is 5.77. The lowest BCUT2D eigenvalue weighted by molar-refractivity contribution is -0.153. The van der Waals surface area contributed by atoms with Crippen LogP contribution in [-0.4, -0.2) is 25.9 Å². The van der Waals surface area contributed by atoms with Gasteiger partial charge in [0.25, 0.3) is 0 Å². The molecule has 0 aliphatic carbocycles. The maximum absolute atomic E-state index is 13.4. The first kappa shape index (κ1) is 14.1. The van der Waals surface area contributed by atoms with Crippen LogP contribution in [0.3, 0.4) is 0 Å². The quantitative estimate of drug-likeness (QED) is 0.856. The van der Waals surface area contributed by atoms with Crippen molar-refractivity contribution in [2.24, 2.45) is 0 Å². The highest BCUT2D eigenvalue weighted by molar-refractivity contribution is 5.32. The molecule has 2 rings (SSSR count). The van der Waals surface area contributed by atoms with E-state index < -0.39 is 18.6 Å². The molecular formula is C13H15F4NO. The monoisotopic (exact) mass is 277 g/mol. The Labute approximate surface area is 108 Å². The Balaban J connectivity index is 2.10. The Bertz CT molecular complexity index is 427. The van der Waals surface area contributed by atoms with E-state index in [0.717, 1.165) is 31.5 Å². The average Bonchev–Trinajstić information content (AvgIpc) is 2.38. The van der Waals surface area contributed by atoms with Crippen LogP contribution in [0.2, 0.25) is 0 Å². The van der Waals surface area contributed by atoms with Crippen molar-refractivity contribution in [1.29, 1.82) is 0 Å². The third kappa shape index (κ3) is 4.09. The number of piperidine rings is 1. The summed E-state index contributed by atoms with van der Waals surface area (Å²) in [4.78, 5) is 0. The molecule has 0 radical (unpaired) electrons. The second-order valence-electron chi connectivity index (χ2n) is 4.62. The fourth-order valence-electron chi connectivity index (χ4n) is 2.20. The number of halogens is 4. The van der Waals surface area contributed by atoms with Crippen LogP contribution >= 0.6 is 0 Å². The molecule has 0 atom stereocenters. The van der Waals surface area contributed by atoms with Crippen molar-refractivity contribution in [3.8, 4) is 5.75 Å². The standard InChI is InChI=1S/C13H15F4NO/c14-11-2-1-10(9-3-5-18-6-4-9)7-12(11)19-8-13(15,16)17/h1-2,7,9,18H,3-6,8H2. The number of ether oxygens (including phenoxy) is 1. The van der Waals surface area contributed by atoms with Gasteiger partial charge in [0.2, 0.25) is 0 Å². The van der Waals surface area contributed by atoms with Gasteiger partial charge in [-0.1, -0.05) is 6.07 Å². The van der Waals surface area contributed by atoms with Crippen LogP contribution in [0.4, 0.5) is 17.6 Å².